The summed E-state index contributed by atoms with van der Waals surface area (Å²) in [6, 6.07) is 2.37. The number of hydrogen-bond acceptors (Lipinski definition) is 4. The monoisotopic (exact) mass is 356 g/mol. The average molecular weight is 357 g/mol. The number of ether oxygens (including phenoxy) is 3. The summed E-state index contributed by atoms with van der Waals surface area (Å²) in [4.78, 5) is 2.94. The Morgan fingerprint density at radius 3 is 2.04 bits per heavy atom. The van der Waals surface area contributed by atoms with E-state index in [2.05, 4.69) is 47.6 Å². The van der Waals surface area contributed by atoms with Crippen molar-refractivity contribution in [2.75, 3.05) is 33.5 Å². The van der Waals surface area contributed by atoms with E-state index >= 15 is 0 Å². The van der Waals surface area contributed by atoms with Crippen LogP contribution in [0.5, 0.6) is 0 Å². The van der Waals surface area contributed by atoms with Gasteiger partial charge in [0.2, 0.25) is 0 Å². The zero-order chi connectivity index (χ0) is 18.2. The predicted molar refractivity (Wildman–Crippen MR) is 103 cm³/mol. The maximum Gasteiger partial charge on any atom is 0.0729 e. The van der Waals surface area contributed by atoms with E-state index in [0.717, 1.165) is 12.8 Å². The number of hydrogen-bond donors (Lipinski definition) is 0. The Morgan fingerprint density at radius 1 is 0.875 bits per heavy atom. The first kappa shape index (κ1) is 21.6. The molecule has 0 aromatic carbocycles. The molecule has 140 valence electrons. The van der Waals surface area contributed by atoms with Crippen LogP contribution in [0.1, 0.15) is 69.7 Å². The smallest absolute Gasteiger partial charge is 0.0729 e. The highest BCUT2D eigenvalue weighted by Gasteiger charge is 2.29. The van der Waals surface area contributed by atoms with E-state index in [1.807, 2.05) is 11.3 Å². The summed E-state index contributed by atoms with van der Waals surface area (Å²) < 4.78 is 16.3. The molecule has 0 fully saturated rings. The summed E-state index contributed by atoms with van der Waals surface area (Å²) in [5, 5.41) is 0. The third-order valence-corrected chi connectivity index (χ3v) is 6.83. The minimum Gasteiger partial charge on any atom is -0.382 e. The van der Waals surface area contributed by atoms with Gasteiger partial charge >= 0.3 is 0 Å². The lowest BCUT2D eigenvalue weighted by Crippen LogP contribution is -2.16. The van der Waals surface area contributed by atoms with E-state index in [9.17, 15) is 0 Å². The molecule has 0 atom stereocenters. The van der Waals surface area contributed by atoms with E-state index in [4.69, 9.17) is 14.2 Å². The van der Waals surface area contributed by atoms with E-state index in [0.29, 0.717) is 33.0 Å². The second kappa shape index (κ2) is 9.91. The van der Waals surface area contributed by atoms with Gasteiger partial charge in [0.25, 0.3) is 0 Å². The van der Waals surface area contributed by atoms with Crippen LogP contribution in [0.15, 0.2) is 6.07 Å². The van der Waals surface area contributed by atoms with Crippen molar-refractivity contribution in [3.05, 3.63) is 21.4 Å². The summed E-state index contributed by atoms with van der Waals surface area (Å²) in [7, 11) is 1.68. The van der Waals surface area contributed by atoms with E-state index < -0.39 is 0 Å². The molecule has 0 spiro atoms. The molecule has 0 aliphatic heterocycles. The van der Waals surface area contributed by atoms with Gasteiger partial charge in [-0.3, -0.25) is 0 Å². The highest BCUT2D eigenvalue weighted by atomic mass is 32.1. The van der Waals surface area contributed by atoms with E-state index in [-0.39, 0.29) is 10.8 Å². The zero-order valence-corrected chi connectivity index (χ0v) is 17.5. The molecule has 0 unspecified atom stereocenters. The molecule has 0 aliphatic carbocycles. The minimum atomic E-state index is 0.195. The summed E-state index contributed by atoms with van der Waals surface area (Å²) in [6.07, 6.45) is 2.28. The van der Waals surface area contributed by atoms with Crippen molar-refractivity contribution in [3.8, 4) is 0 Å². The maximum atomic E-state index is 5.88. The first-order chi connectivity index (χ1) is 11.3. The summed E-state index contributed by atoms with van der Waals surface area (Å²) in [5.41, 5.74) is 1.77. The van der Waals surface area contributed by atoms with Gasteiger partial charge in [-0.1, -0.05) is 41.5 Å². The van der Waals surface area contributed by atoms with Crippen LogP contribution in [0.4, 0.5) is 0 Å². The van der Waals surface area contributed by atoms with Crippen LogP contribution in [0, 0.1) is 0 Å². The fourth-order valence-corrected chi connectivity index (χ4v) is 3.83. The normalized spacial score (nSPS) is 12.8. The Labute approximate surface area is 152 Å². The van der Waals surface area contributed by atoms with Gasteiger partial charge in [-0.2, -0.15) is 0 Å². The second-order valence-electron chi connectivity index (χ2n) is 7.60. The molecule has 0 amide bonds. The standard InChI is InChI=1S/C20H36O3S/c1-8-19(3,4)17-14-16(18(24-17)20(5,6)9-2)15-23-13-12-22-11-10-21-7/h14H,8-13,15H2,1-7H3. The molecule has 1 rings (SSSR count). The first-order valence-corrected chi connectivity index (χ1v) is 9.88. The van der Waals surface area contributed by atoms with Gasteiger partial charge in [-0.15, -0.1) is 11.3 Å². The summed E-state index contributed by atoms with van der Waals surface area (Å²) >= 11 is 1.97. The van der Waals surface area contributed by atoms with Gasteiger partial charge in [0.15, 0.2) is 0 Å². The quantitative estimate of drug-likeness (QED) is 0.475. The lowest BCUT2D eigenvalue weighted by Gasteiger charge is -2.24. The van der Waals surface area contributed by atoms with Crippen molar-refractivity contribution in [2.45, 2.75) is 71.8 Å². The summed E-state index contributed by atoms with van der Waals surface area (Å²) in [6.45, 7) is 17.0. The SMILES string of the molecule is CCC(C)(C)c1cc(COCCOCCOC)c(C(C)(C)CC)s1. The van der Waals surface area contributed by atoms with Crippen LogP contribution in [0.2, 0.25) is 0 Å². The Bertz CT molecular complexity index is 477. The molecule has 3 nitrogen and oxygen atoms in total. The lowest BCUT2D eigenvalue weighted by atomic mass is 9.85. The fraction of sp³-hybridized carbons (Fsp3) is 0.800. The molecule has 0 saturated heterocycles. The molecule has 1 aromatic rings. The van der Waals surface area contributed by atoms with Crippen molar-refractivity contribution in [1.29, 1.82) is 0 Å². The average Bonchev–Trinajstić information content (AvgIpc) is 3.00. The summed E-state index contributed by atoms with van der Waals surface area (Å²) in [5.74, 6) is 0. The van der Waals surface area contributed by atoms with Crippen molar-refractivity contribution in [1.82, 2.24) is 0 Å². The molecule has 0 N–H and O–H groups in total. The van der Waals surface area contributed by atoms with Crippen LogP contribution in [0.25, 0.3) is 0 Å². The van der Waals surface area contributed by atoms with E-state index in [1.165, 1.54) is 15.3 Å². The maximum absolute atomic E-state index is 5.88. The number of thiophene rings is 1. The van der Waals surface area contributed by atoms with Crippen LogP contribution in [-0.4, -0.2) is 33.5 Å². The van der Waals surface area contributed by atoms with Crippen LogP contribution < -0.4 is 0 Å². The molecule has 0 radical (unpaired) electrons. The van der Waals surface area contributed by atoms with Crippen LogP contribution >= 0.6 is 11.3 Å². The highest BCUT2D eigenvalue weighted by Crippen LogP contribution is 2.41. The van der Waals surface area contributed by atoms with Gasteiger partial charge < -0.3 is 14.2 Å². The fourth-order valence-electron chi connectivity index (χ4n) is 2.32. The molecular formula is C20H36O3S. The van der Waals surface area contributed by atoms with Gasteiger partial charge in [-0.25, -0.2) is 0 Å². The second-order valence-corrected chi connectivity index (χ2v) is 8.65. The van der Waals surface area contributed by atoms with Gasteiger partial charge in [0, 0.05) is 16.9 Å². The first-order valence-electron chi connectivity index (χ1n) is 9.06. The zero-order valence-electron chi connectivity index (χ0n) is 16.7. The Hall–Kier alpha value is -0.420. The van der Waals surface area contributed by atoms with Crippen molar-refractivity contribution in [2.24, 2.45) is 0 Å². The Morgan fingerprint density at radius 2 is 1.46 bits per heavy atom. The molecule has 0 bridgehead atoms. The number of rotatable bonds is 12. The van der Waals surface area contributed by atoms with E-state index in [1.54, 1.807) is 7.11 Å². The minimum absolute atomic E-state index is 0.195. The molecule has 1 aromatic heterocycles. The molecule has 4 heteroatoms. The third kappa shape index (κ3) is 6.14. The number of methoxy groups -OCH3 is 1. The van der Waals surface area contributed by atoms with Gasteiger partial charge in [0.1, 0.15) is 0 Å². The molecule has 1 heterocycles. The van der Waals surface area contributed by atoms with Gasteiger partial charge in [-0.05, 0) is 35.3 Å². The van der Waals surface area contributed by atoms with Crippen molar-refractivity contribution in [3.63, 3.8) is 0 Å². The lowest BCUT2D eigenvalue weighted by molar-refractivity contribution is 0.0197. The predicted octanol–water partition coefficient (Wildman–Crippen LogP) is 5.30. The largest absolute Gasteiger partial charge is 0.382 e. The molecular weight excluding hydrogens is 320 g/mol. The Kier molecular flexibility index (Phi) is 8.93. The third-order valence-electron chi connectivity index (χ3n) is 4.92. The van der Waals surface area contributed by atoms with Crippen LogP contribution in [0.3, 0.4) is 0 Å². The van der Waals surface area contributed by atoms with Gasteiger partial charge in [0.05, 0.1) is 33.0 Å². The highest BCUT2D eigenvalue weighted by molar-refractivity contribution is 7.12. The van der Waals surface area contributed by atoms with Crippen molar-refractivity contribution >= 4 is 11.3 Å². The topological polar surface area (TPSA) is 27.7 Å². The molecule has 0 saturated carbocycles. The molecule has 24 heavy (non-hydrogen) atoms. The van der Waals surface area contributed by atoms with Crippen LogP contribution in [-0.2, 0) is 31.6 Å². The molecule has 0 aliphatic rings. The Balaban J connectivity index is 2.73. The van der Waals surface area contributed by atoms with Crippen molar-refractivity contribution < 1.29 is 14.2 Å².